The topological polar surface area (TPSA) is 45.2 Å². The Hall–Kier alpha value is -2.31. The lowest BCUT2D eigenvalue weighted by Crippen LogP contribution is -2.24. The van der Waals surface area contributed by atoms with Gasteiger partial charge in [0.05, 0.1) is 15.6 Å². The zero-order valence-corrected chi connectivity index (χ0v) is 16.1. The number of thiophene rings is 1. The van der Waals surface area contributed by atoms with E-state index in [0.717, 1.165) is 38.5 Å². The lowest BCUT2D eigenvalue weighted by Gasteiger charge is -2.28. The van der Waals surface area contributed by atoms with E-state index in [9.17, 15) is 4.79 Å². The largest absolute Gasteiger partial charge is 0.347 e. The molecule has 0 aliphatic carbocycles. The van der Waals surface area contributed by atoms with Crippen molar-refractivity contribution in [3.05, 3.63) is 70.7 Å². The van der Waals surface area contributed by atoms with Crippen LogP contribution in [0.4, 0.5) is 10.7 Å². The molecular weight excluding hydrogens is 362 g/mol. The molecule has 1 amide bonds. The normalized spacial score (nSPS) is 13.3. The van der Waals surface area contributed by atoms with E-state index in [4.69, 9.17) is 0 Å². The molecule has 1 N–H and O–H groups in total. The average Bonchev–Trinajstić information content (AvgIpc) is 3.17. The van der Waals surface area contributed by atoms with E-state index >= 15 is 0 Å². The van der Waals surface area contributed by atoms with Crippen molar-refractivity contribution in [1.29, 1.82) is 0 Å². The van der Waals surface area contributed by atoms with Crippen LogP contribution in [0.3, 0.4) is 0 Å². The van der Waals surface area contributed by atoms with Crippen molar-refractivity contribution in [2.75, 3.05) is 17.2 Å². The molecule has 132 valence electrons. The second-order valence-corrected chi connectivity index (χ2v) is 8.22. The summed E-state index contributed by atoms with van der Waals surface area (Å²) in [6.45, 7) is 3.53. The average molecular weight is 382 g/mol. The van der Waals surface area contributed by atoms with E-state index in [0.29, 0.717) is 6.54 Å². The van der Waals surface area contributed by atoms with E-state index in [1.54, 1.807) is 11.8 Å². The minimum absolute atomic E-state index is 0.0257. The van der Waals surface area contributed by atoms with Crippen molar-refractivity contribution in [3.8, 4) is 0 Å². The summed E-state index contributed by atoms with van der Waals surface area (Å²) >= 11 is 3.31. The third kappa shape index (κ3) is 3.48. The van der Waals surface area contributed by atoms with Crippen molar-refractivity contribution in [1.82, 2.24) is 10.3 Å². The molecule has 26 heavy (non-hydrogen) atoms. The predicted molar refractivity (Wildman–Crippen MR) is 109 cm³/mol. The predicted octanol–water partition coefficient (Wildman–Crippen LogP) is 4.63. The number of pyridine rings is 1. The van der Waals surface area contributed by atoms with E-state index in [-0.39, 0.29) is 5.91 Å². The highest BCUT2D eigenvalue weighted by Crippen LogP contribution is 2.39. The van der Waals surface area contributed by atoms with Gasteiger partial charge in [-0.1, -0.05) is 24.3 Å². The Morgan fingerprint density at radius 1 is 1.19 bits per heavy atom. The van der Waals surface area contributed by atoms with Crippen molar-refractivity contribution in [3.63, 3.8) is 0 Å². The first-order valence-corrected chi connectivity index (χ1v) is 10.3. The van der Waals surface area contributed by atoms with Gasteiger partial charge in [0.2, 0.25) is 0 Å². The van der Waals surface area contributed by atoms with E-state index < -0.39 is 0 Å². The number of aromatic nitrogens is 1. The Morgan fingerprint density at radius 3 is 2.96 bits per heavy atom. The van der Waals surface area contributed by atoms with Gasteiger partial charge >= 0.3 is 0 Å². The molecule has 0 unspecified atom stereocenters. The van der Waals surface area contributed by atoms with Gasteiger partial charge in [0, 0.05) is 25.0 Å². The molecule has 2 aromatic heterocycles. The molecule has 1 aliphatic rings. The van der Waals surface area contributed by atoms with Crippen LogP contribution in [0.25, 0.3) is 0 Å². The molecule has 4 rings (SSSR count). The maximum Gasteiger partial charge on any atom is 0.261 e. The summed E-state index contributed by atoms with van der Waals surface area (Å²) in [5.74, 6) is 0.971. The Bertz CT molecular complexity index is 938. The van der Waals surface area contributed by atoms with Crippen LogP contribution in [0, 0.1) is 6.92 Å². The molecule has 6 heteroatoms. The first-order valence-electron chi connectivity index (χ1n) is 8.50. The lowest BCUT2D eigenvalue weighted by molar-refractivity contribution is 0.0955. The van der Waals surface area contributed by atoms with Crippen LogP contribution < -0.4 is 10.2 Å². The number of hydrogen-bond acceptors (Lipinski definition) is 5. The summed E-state index contributed by atoms with van der Waals surface area (Å²) in [6, 6.07) is 16.1. The highest BCUT2D eigenvalue weighted by molar-refractivity contribution is 7.99. The van der Waals surface area contributed by atoms with Gasteiger partial charge < -0.3 is 10.2 Å². The van der Waals surface area contributed by atoms with Crippen molar-refractivity contribution >= 4 is 39.7 Å². The number of hydrogen-bond donors (Lipinski definition) is 1. The Morgan fingerprint density at radius 2 is 2.08 bits per heavy atom. The molecule has 0 atom stereocenters. The van der Waals surface area contributed by atoms with Gasteiger partial charge in [-0.3, -0.25) is 4.79 Å². The zero-order valence-electron chi connectivity index (χ0n) is 14.4. The third-order valence-electron chi connectivity index (χ3n) is 4.38. The van der Waals surface area contributed by atoms with Crippen molar-refractivity contribution < 1.29 is 4.79 Å². The maximum atomic E-state index is 12.5. The number of fused-ring (bicyclic) bond motifs is 1. The van der Waals surface area contributed by atoms with Crippen LogP contribution >= 0.6 is 23.1 Å². The Balaban J connectivity index is 1.48. The fraction of sp³-hybridized carbons (Fsp3) is 0.200. The highest BCUT2D eigenvalue weighted by atomic mass is 32.2. The second kappa shape index (κ2) is 7.51. The molecule has 3 heterocycles. The molecule has 4 nitrogen and oxygen atoms in total. The second-order valence-electron chi connectivity index (χ2n) is 6.07. The number of nitrogens with one attached hydrogen (secondary N) is 1. The number of rotatable bonds is 4. The van der Waals surface area contributed by atoms with E-state index in [1.807, 2.05) is 42.6 Å². The summed E-state index contributed by atoms with van der Waals surface area (Å²) in [4.78, 5) is 20.0. The third-order valence-corrected chi connectivity index (χ3v) is 6.46. The smallest absolute Gasteiger partial charge is 0.261 e. The van der Waals surface area contributed by atoms with Crippen LogP contribution in [0.1, 0.15) is 20.8 Å². The molecule has 0 saturated carbocycles. The Kier molecular flexibility index (Phi) is 4.95. The Labute approximate surface area is 161 Å². The van der Waals surface area contributed by atoms with Gasteiger partial charge in [0.15, 0.2) is 0 Å². The van der Waals surface area contributed by atoms with Gasteiger partial charge in [0.1, 0.15) is 5.03 Å². The number of aryl methyl sites for hydroxylation is 1. The summed E-state index contributed by atoms with van der Waals surface area (Å²) in [7, 11) is 0. The molecule has 0 bridgehead atoms. The molecular formula is C20H19N3OS2. The number of amides is 1. The number of nitrogens with zero attached hydrogens (tertiary/aromatic N) is 2. The first-order chi connectivity index (χ1) is 12.7. The molecule has 0 spiro atoms. The quantitative estimate of drug-likeness (QED) is 0.716. The molecule has 0 radical (unpaired) electrons. The fourth-order valence-electron chi connectivity index (χ4n) is 2.95. The van der Waals surface area contributed by atoms with Gasteiger partial charge in [0.25, 0.3) is 5.91 Å². The molecule has 0 saturated heterocycles. The minimum atomic E-state index is -0.0257. The highest BCUT2D eigenvalue weighted by Gasteiger charge is 2.21. The first kappa shape index (κ1) is 17.1. The fourth-order valence-corrected chi connectivity index (χ4v) is 4.84. The lowest BCUT2D eigenvalue weighted by atomic mass is 10.1. The van der Waals surface area contributed by atoms with Crippen LogP contribution in [-0.2, 0) is 6.54 Å². The molecule has 3 aromatic rings. The van der Waals surface area contributed by atoms with Crippen molar-refractivity contribution in [2.24, 2.45) is 0 Å². The standard InChI is InChI=1S/C20H19N3OS2/c1-14-5-2-3-6-15(14)13-22-19(24)17-8-9-18(26-17)23-11-12-25-20-16(23)7-4-10-21-20/h2-10H,11-13H2,1H3,(H,22,24). The van der Waals surface area contributed by atoms with Crippen LogP contribution in [0.5, 0.6) is 0 Å². The van der Waals surface area contributed by atoms with Gasteiger partial charge in [-0.2, -0.15) is 0 Å². The molecule has 1 aliphatic heterocycles. The van der Waals surface area contributed by atoms with E-state index in [1.165, 1.54) is 16.9 Å². The summed E-state index contributed by atoms with van der Waals surface area (Å²) in [5.41, 5.74) is 3.46. The molecule has 1 aromatic carbocycles. The number of thioether (sulfide) groups is 1. The monoisotopic (exact) mass is 381 g/mol. The SMILES string of the molecule is Cc1ccccc1CNC(=O)c1ccc(N2CCSc3ncccc32)s1. The van der Waals surface area contributed by atoms with Gasteiger partial charge in [-0.25, -0.2) is 4.98 Å². The van der Waals surface area contributed by atoms with Crippen molar-refractivity contribution in [2.45, 2.75) is 18.5 Å². The minimum Gasteiger partial charge on any atom is -0.347 e. The van der Waals surface area contributed by atoms with E-state index in [2.05, 4.69) is 34.3 Å². The van der Waals surface area contributed by atoms with Gasteiger partial charge in [-0.05, 0) is 42.3 Å². The number of benzene rings is 1. The zero-order chi connectivity index (χ0) is 17.9. The summed E-state index contributed by atoms with van der Waals surface area (Å²) in [6.07, 6.45) is 1.83. The maximum absolute atomic E-state index is 12.5. The number of carbonyl (C=O) groups excluding carboxylic acids is 1. The number of carbonyl (C=O) groups is 1. The van der Waals surface area contributed by atoms with Crippen LogP contribution in [0.15, 0.2) is 59.8 Å². The van der Waals surface area contributed by atoms with Crippen LogP contribution in [-0.4, -0.2) is 23.2 Å². The summed E-state index contributed by atoms with van der Waals surface area (Å²) < 4.78 is 0. The molecule has 0 fully saturated rings. The summed E-state index contributed by atoms with van der Waals surface area (Å²) in [5, 5.41) is 5.17. The van der Waals surface area contributed by atoms with Gasteiger partial charge in [-0.15, -0.1) is 23.1 Å². The van der Waals surface area contributed by atoms with Crippen LogP contribution in [0.2, 0.25) is 0 Å². The number of anilines is 2.